The zero-order chi connectivity index (χ0) is 19.9. The van der Waals surface area contributed by atoms with Crippen LogP contribution < -0.4 is 25.9 Å². The lowest BCUT2D eigenvalue weighted by molar-refractivity contribution is -0.339. The van der Waals surface area contributed by atoms with Crippen LogP contribution in [0, 0.1) is 6.92 Å². The number of nitrogens with zero attached hydrogens (tertiary/aromatic N) is 1. The van der Waals surface area contributed by atoms with Crippen molar-refractivity contribution in [3.8, 4) is 0 Å². The molecule has 0 amide bonds. The lowest BCUT2D eigenvalue weighted by Crippen LogP contribution is -2.38. The van der Waals surface area contributed by atoms with Gasteiger partial charge in [-0.15, -0.1) is 0 Å². The number of H-pyrrole nitrogens is 1. The third kappa shape index (κ3) is 4.96. The fourth-order valence-corrected chi connectivity index (χ4v) is 3.68. The maximum absolute atomic E-state index is 11.8. The number of aliphatic hydroxyl groups is 2. The van der Waals surface area contributed by atoms with Crippen LogP contribution in [0.3, 0.4) is 0 Å². The molecule has 0 spiro atoms. The predicted molar refractivity (Wildman–Crippen MR) is 74.2 cm³/mol. The fourth-order valence-electron chi connectivity index (χ4n) is 2.18. The molecule has 0 bridgehead atoms. The number of ether oxygens (including phenoxy) is 1. The van der Waals surface area contributed by atoms with E-state index in [1.54, 1.807) is 0 Å². The lowest BCUT2D eigenvalue weighted by Gasteiger charge is -2.35. The number of aryl methyl sites for hydroxylation is 1. The smallest absolute Gasteiger partial charge is 0.330 e. The molecule has 1 unspecified atom stereocenters. The van der Waals surface area contributed by atoms with E-state index in [1.807, 2.05) is 4.98 Å². The van der Waals surface area contributed by atoms with E-state index in [4.69, 9.17) is 4.74 Å². The minimum atomic E-state index is -5.89. The van der Waals surface area contributed by atoms with Gasteiger partial charge in [-0.25, -0.2) is 4.79 Å². The van der Waals surface area contributed by atoms with Crippen LogP contribution in [0.15, 0.2) is 15.8 Å². The Morgan fingerprint density at radius 2 is 1.88 bits per heavy atom. The number of aromatic nitrogens is 2. The molecule has 148 valence electrons. The molecule has 0 radical (unpaired) electrons. The average Bonchev–Trinajstić information content (AvgIpc) is 2.75. The second-order valence-electron chi connectivity index (χ2n) is 5.30. The number of hydrogen-bond donors (Lipinski definition) is 3. The van der Waals surface area contributed by atoms with Crippen molar-refractivity contribution >= 4 is 15.6 Å². The number of rotatable bonds is 6. The van der Waals surface area contributed by atoms with Gasteiger partial charge >= 0.3 is 5.69 Å². The van der Waals surface area contributed by atoms with Gasteiger partial charge in [-0.3, -0.25) is 23.2 Å². The van der Waals surface area contributed by atoms with Gasteiger partial charge in [0.25, 0.3) is 13.4 Å². The van der Waals surface area contributed by atoms with Crippen LogP contribution in [0.25, 0.3) is 0 Å². The molecular formula is C10H13N2O12P2-3. The Balaban J connectivity index is 2.14. The lowest BCUT2D eigenvalue weighted by atomic mass is 10.1. The Bertz CT molecular complexity index is 873. The van der Waals surface area contributed by atoms with Crippen molar-refractivity contribution in [2.24, 2.45) is 0 Å². The Labute approximate surface area is 144 Å². The predicted octanol–water partition coefficient (Wildman–Crippen LogP) is -4.21. The number of nitrogens with one attached hydrogen (secondary N) is 1. The second-order valence-corrected chi connectivity index (χ2v) is 8.00. The van der Waals surface area contributed by atoms with Gasteiger partial charge in [0.2, 0.25) is 0 Å². The van der Waals surface area contributed by atoms with E-state index in [-0.39, 0.29) is 5.56 Å². The zero-order valence-corrected chi connectivity index (χ0v) is 14.7. The van der Waals surface area contributed by atoms with Crippen LogP contribution in [0.1, 0.15) is 11.8 Å². The highest BCUT2D eigenvalue weighted by atomic mass is 31.3. The topological polar surface area (TPSA) is 226 Å². The van der Waals surface area contributed by atoms with Crippen molar-refractivity contribution in [2.75, 3.05) is 6.61 Å². The molecule has 1 fully saturated rings. The molecular weight excluding hydrogens is 402 g/mol. The fraction of sp³-hybridized carbons (Fsp3) is 0.600. The summed E-state index contributed by atoms with van der Waals surface area (Å²) in [6.07, 6.45) is -5.44. The van der Waals surface area contributed by atoms with Gasteiger partial charge in [0.1, 0.15) is 18.3 Å². The summed E-state index contributed by atoms with van der Waals surface area (Å²) in [5.74, 6) is 0. The molecule has 0 saturated carbocycles. The van der Waals surface area contributed by atoms with E-state index in [9.17, 15) is 43.6 Å². The first-order chi connectivity index (χ1) is 11.8. The Morgan fingerprint density at radius 3 is 2.46 bits per heavy atom. The maximum atomic E-state index is 11.8. The second kappa shape index (κ2) is 7.44. The number of aliphatic hydroxyl groups excluding tert-OH is 2. The van der Waals surface area contributed by atoms with Gasteiger partial charge in [0.05, 0.1) is 14.4 Å². The number of phosphoric ester groups is 1. The van der Waals surface area contributed by atoms with Crippen molar-refractivity contribution in [3.05, 3.63) is 32.6 Å². The first-order valence-corrected chi connectivity index (χ1v) is 9.75. The summed E-state index contributed by atoms with van der Waals surface area (Å²) in [4.78, 5) is 56.9. The molecule has 14 nitrogen and oxygen atoms in total. The van der Waals surface area contributed by atoms with Crippen molar-refractivity contribution in [2.45, 2.75) is 31.5 Å². The molecule has 0 aromatic carbocycles. The SMILES string of the molecule is Cc1cn([C@@H]2O[C@H](COP(=O)([O-])OP(=O)([O-])[O-])[C@@H](O)[C@H]2O)c(=O)[nH]c1=O. The van der Waals surface area contributed by atoms with Crippen LogP contribution in [0.5, 0.6) is 0 Å². The van der Waals surface area contributed by atoms with E-state index < -0.39 is 58.0 Å². The third-order valence-electron chi connectivity index (χ3n) is 3.35. The Hall–Kier alpha value is -1.18. The third-order valence-corrected chi connectivity index (χ3v) is 5.42. The zero-order valence-electron chi connectivity index (χ0n) is 12.9. The molecule has 5 atom stereocenters. The molecule has 1 saturated heterocycles. The molecule has 26 heavy (non-hydrogen) atoms. The molecule has 1 aliphatic rings. The quantitative estimate of drug-likeness (QED) is 0.376. The summed E-state index contributed by atoms with van der Waals surface area (Å²) in [5, 5.41) is 19.9. The van der Waals surface area contributed by atoms with Gasteiger partial charge in [0.15, 0.2) is 6.23 Å². The summed E-state index contributed by atoms with van der Waals surface area (Å²) >= 11 is 0. The van der Waals surface area contributed by atoms with Gasteiger partial charge in [0, 0.05) is 11.8 Å². The van der Waals surface area contributed by atoms with E-state index >= 15 is 0 Å². The molecule has 1 aromatic rings. The molecule has 1 aliphatic heterocycles. The summed E-state index contributed by atoms with van der Waals surface area (Å²) in [6, 6.07) is 0. The minimum Gasteiger partial charge on any atom is -0.790 e. The van der Waals surface area contributed by atoms with Crippen LogP contribution >= 0.6 is 15.6 Å². The van der Waals surface area contributed by atoms with E-state index in [0.29, 0.717) is 0 Å². The summed E-state index contributed by atoms with van der Waals surface area (Å²) in [7, 11) is -11.4. The van der Waals surface area contributed by atoms with Gasteiger partial charge in [-0.1, -0.05) is 0 Å². The van der Waals surface area contributed by atoms with Crippen molar-refractivity contribution in [3.63, 3.8) is 0 Å². The number of aromatic amines is 1. The van der Waals surface area contributed by atoms with Crippen molar-refractivity contribution < 1.29 is 47.6 Å². The highest BCUT2D eigenvalue weighted by Gasteiger charge is 2.44. The molecule has 1 aromatic heterocycles. The molecule has 3 N–H and O–H groups in total. The van der Waals surface area contributed by atoms with Gasteiger partial charge < -0.3 is 38.7 Å². The van der Waals surface area contributed by atoms with Crippen LogP contribution in [0.4, 0.5) is 0 Å². The van der Waals surface area contributed by atoms with Crippen LogP contribution in [-0.4, -0.2) is 44.7 Å². The van der Waals surface area contributed by atoms with E-state index in [2.05, 4.69) is 8.83 Å². The largest absolute Gasteiger partial charge is 0.790 e. The van der Waals surface area contributed by atoms with Gasteiger partial charge in [-0.2, -0.15) is 0 Å². The first kappa shape index (κ1) is 21.1. The van der Waals surface area contributed by atoms with Crippen LogP contribution in [-0.2, 0) is 22.7 Å². The van der Waals surface area contributed by atoms with E-state index in [0.717, 1.165) is 10.8 Å². The summed E-state index contributed by atoms with van der Waals surface area (Å²) in [6.45, 7) is 0.342. The monoisotopic (exact) mass is 415 g/mol. The minimum absolute atomic E-state index is 0.0914. The molecule has 2 rings (SSSR count). The highest BCUT2D eigenvalue weighted by Crippen LogP contribution is 2.50. The number of phosphoric acid groups is 2. The van der Waals surface area contributed by atoms with Crippen LogP contribution in [0.2, 0.25) is 0 Å². The summed E-state index contributed by atoms with van der Waals surface area (Å²) in [5.41, 5.74) is -1.55. The number of hydrogen-bond acceptors (Lipinski definition) is 12. The Kier molecular flexibility index (Phi) is 6.05. The Morgan fingerprint density at radius 1 is 1.27 bits per heavy atom. The summed E-state index contributed by atoms with van der Waals surface area (Å²) < 4.78 is 34.8. The van der Waals surface area contributed by atoms with Crippen molar-refractivity contribution in [1.29, 1.82) is 0 Å². The molecule has 0 aliphatic carbocycles. The molecule has 2 heterocycles. The average molecular weight is 415 g/mol. The highest BCUT2D eigenvalue weighted by molar-refractivity contribution is 7.58. The molecule has 16 heteroatoms. The van der Waals surface area contributed by atoms with E-state index in [1.165, 1.54) is 6.92 Å². The normalized spacial score (nSPS) is 28.8. The first-order valence-electron chi connectivity index (χ1n) is 6.83. The maximum Gasteiger partial charge on any atom is 0.330 e. The van der Waals surface area contributed by atoms with Crippen molar-refractivity contribution in [1.82, 2.24) is 9.55 Å². The van der Waals surface area contributed by atoms with Gasteiger partial charge in [-0.05, 0) is 6.92 Å². The standard InChI is InChI=1S/C10H16N2O12P2/c1-4-2-12(10(16)11-8(4)15)9-7(14)6(13)5(23-9)3-22-26(20,21)24-25(17,18)19/h2,5-7,9,13-14H,3H2,1H3,(H,20,21)(H,11,15,16)(H2,17,18,19)/p-3/t5-,6-,7-,9-/m1/s1.